The normalized spacial score (nSPS) is 20.0. The van der Waals surface area contributed by atoms with E-state index in [2.05, 4.69) is 80.9 Å². The number of likely N-dealkylation sites (tertiary alicyclic amines) is 1. The molecule has 0 aliphatic carbocycles. The number of benzene rings is 2. The average molecular weight is 416 g/mol. The fourth-order valence-corrected chi connectivity index (χ4v) is 5.14. The van der Waals surface area contributed by atoms with E-state index in [0.29, 0.717) is 18.0 Å². The number of carbonyl (C=O) groups is 1. The third-order valence-corrected chi connectivity index (χ3v) is 6.74. The number of aryl methyl sites for hydroxylation is 1. The summed E-state index contributed by atoms with van der Waals surface area (Å²) in [5.74, 6) is 0.390. The van der Waals surface area contributed by atoms with E-state index in [1.54, 1.807) is 17.1 Å². The lowest BCUT2D eigenvalue weighted by molar-refractivity contribution is 0.0923. The van der Waals surface area contributed by atoms with Gasteiger partial charge in [0, 0.05) is 63.6 Å². The summed E-state index contributed by atoms with van der Waals surface area (Å²) in [6.07, 6.45) is 3.39. The van der Waals surface area contributed by atoms with Gasteiger partial charge in [0.2, 0.25) is 0 Å². The van der Waals surface area contributed by atoms with Crippen LogP contribution in [0.15, 0.2) is 73.1 Å². The van der Waals surface area contributed by atoms with Crippen LogP contribution in [0, 0.1) is 11.3 Å². The van der Waals surface area contributed by atoms with E-state index in [1.165, 1.54) is 11.3 Å². The minimum Gasteiger partial charge on any atom is -0.370 e. The van der Waals surface area contributed by atoms with E-state index in [0.717, 1.165) is 32.7 Å². The van der Waals surface area contributed by atoms with Gasteiger partial charge in [0.05, 0.1) is 11.8 Å². The maximum Gasteiger partial charge on any atom is 0.254 e. The van der Waals surface area contributed by atoms with Crippen LogP contribution >= 0.6 is 0 Å². The van der Waals surface area contributed by atoms with Gasteiger partial charge in [-0.05, 0) is 23.6 Å². The Morgan fingerprint density at radius 3 is 2.45 bits per heavy atom. The maximum atomic E-state index is 12.6. The van der Waals surface area contributed by atoms with Crippen molar-refractivity contribution < 1.29 is 4.79 Å². The highest BCUT2D eigenvalue weighted by atomic mass is 16.1. The molecular formula is C25H29N5O. The zero-order valence-electron chi connectivity index (χ0n) is 17.9. The summed E-state index contributed by atoms with van der Waals surface area (Å²) in [5, 5.41) is 7.30. The lowest BCUT2D eigenvalue weighted by atomic mass is 9.71. The summed E-state index contributed by atoms with van der Waals surface area (Å²) in [4.78, 5) is 17.6. The van der Waals surface area contributed by atoms with Gasteiger partial charge in [0.15, 0.2) is 0 Å². The molecule has 0 bridgehead atoms. The number of anilines is 1. The first-order valence-electron chi connectivity index (χ1n) is 10.9. The summed E-state index contributed by atoms with van der Waals surface area (Å²) < 4.78 is 1.66. The third kappa shape index (κ3) is 4.08. The van der Waals surface area contributed by atoms with Gasteiger partial charge in [-0.3, -0.25) is 14.4 Å². The van der Waals surface area contributed by atoms with Crippen LogP contribution in [0.2, 0.25) is 0 Å². The monoisotopic (exact) mass is 415 g/mol. The zero-order chi connectivity index (χ0) is 21.3. The van der Waals surface area contributed by atoms with Crippen LogP contribution in [0.3, 0.4) is 0 Å². The van der Waals surface area contributed by atoms with Crippen LogP contribution in [-0.4, -0.2) is 53.3 Å². The summed E-state index contributed by atoms with van der Waals surface area (Å²) in [5.41, 5.74) is 3.47. The molecule has 6 nitrogen and oxygen atoms in total. The molecule has 5 rings (SSSR count). The molecule has 1 N–H and O–H groups in total. The molecule has 1 spiro atoms. The Bertz CT molecular complexity index is 1030. The predicted molar refractivity (Wildman–Crippen MR) is 122 cm³/mol. The van der Waals surface area contributed by atoms with Gasteiger partial charge in [0.1, 0.15) is 0 Å². The van der Waals surface area contributed by atoms with Crippen LogP contribution in [0.4, 0.5) is 5.69 Å². The van der Waals surface area contributed by atoms with E-state index in [9.17, 15) is 4.79 Å². The lowest BCUT2D eigenvalue weighted by Gasteiger charge is -2.52. The first-order valence-corrected chi connectivity index (χ1v) is 10.9. The molecule has 6 heteroatoms. The summed E-state index contributed by atoms with van der Waals surface area (Å²) >= 11 is 0. The molecule has 3 heterocycles. The molecule has 1 amide bonds. The second kappa shape index (κ2) is 8.19. The standard InChI is InChI=1S/C25H29N5O/c1-28-15-21(12-27-28)24(31)26-13-22-16-29(14-20-8-4-2-5-9-20)17-25(22)18-30(19-25)23-10-6-3-7-11-23/h2-12,15,22H,13-14,16-19H2,1H3,(H,26,31). The molecule has 2 aliphatic heterocycles. The Kier molecular flexibility index (Phi) is 5.24. The first-order chi connectivity index (χ1) is 15.1. The van der Waals surface area contributed by atoms with E-state index in [1.807, 2.05) is 7.05 Å². The van der Waals surface area contributed by atoms with Gasteiger partial charge in [-0.25, -0.2) is 0 Å². The Labute approximate surface area is 183 Å². The largest absolute Gasteiger partial charge is 0.370 e. The summed E-state index contributed by atoms with van der Waals surface area (Å²) in [6, 6.07) is 21.3. The van der Waals surface area contributed by atoms with E-state index in [4.69, 9.17) is 0 Å². The molecule has 1 atom stereocenters. The number of carbonyl (C=O) groups excluding carboxylic acids is 1. The van der Waals surface area contributed by atoms with E-state index >= 15 is 0 Å². The molecule has 0 saturated carbocycles. The fraction of sp³-hybridized carbons (Fsp3) is 0.360. The van der Waals surface area contributed by atoms with Gasteiger partial charge in [0.25, 0.3) is 5.91 Å². The molecule has 1 aromatic heterocycles. The molecular weight excluding hydrogens is 386 g/mol. The molecule has 1 unspecified atom stereocenters. The van der Waals surface area contributed by atoms with Crippen molar-refractivity contribution in [2.24, 2.45) is 18.4 Å². The van der Waals surface area contributed by atoms with E-state index < -0.39 is 0 Å². The van der Waals surface area contributed by atoms with Crippen molar-refractivity contribution >= 4 is 11.6 Å². The van der Waals surface area contributed by atoms with Gasteiger partial charge in [-0.15, -0.1) is 0 Å². The molecule has 0 radical (unpaired) electrons. The third-order valence-electron chi connectivity index (χ3n) is 6.74. The van der Waals surface area contributed by atoms with Crippen molar-refractivity contribution in [1.82, 2.24) is 20.0 Å². The molecule has 2 saturated heterocycles. The molecule has 2 aliphatic rings. The molecule has 160 valence electrons. The zero-order valence-corrected chi connectivity index (χ0v) is 17.9. The van der Waals surface area contributed by atoms with Crippen molar-refractivity contribution in [3.05, 3.63) is 84.2 Å². The molecule has 2 aromatic carbocycles. The number of hydrogen-bond acceptors (Lipinski definition) is 4. The lowest BCUT2D eigenvalue weighted by Crippen LogP contribution is -2.62. The van der Waals surface area contributed by atoms with Crippen molar-refractivity contribution in [2.75, 3.05) is 37.6 Å². The number of nitrogens with zero attached hydrogens (tertiary/aromatic N) is 4. The highest BCUT2D eigenvalue weighted by Gasteiger charge is 2.53. The van der Waals surface area contributed by atoms with Crippen LogP contribution < -0.4 is 10.2 Å². The molecule has 31 heavy (non-hydrogen) atoms. The maximum absolute atomic E-state index is 12.6. The van der Waals surface area contributed by atoms with Gasteiger partial charge in [-0.1, -0.05) is 48.5 Å². The minimum atomic E-state index is -0.0380. The topological polar surface area (TPSA) is 53.4 Å². The van der Waals surface area contributed by atoms with Crippen molar-refractivity contribution in [2.45, 2.75) is 6.54 Å². The van der Waals surface area contributed by atoms with Crippen LogP contribution in [0.1, 0.15) is 15.9 Å². The Morgan fingerprint density at radius 2 is 1.77 bits per heavy atom. The minimum absolute atomic E-state index is 0.0380. The van der Waals surface area contributed by atoms with Gasteiger partial charge in [-0.2, -0.15) is 5.10 Å². The summed E-state index contributed by atoms with van der Waals surface area (Å²) in [7, 11) is 1.83. The Morgan fingerprint density at radius 1 is 1.06 bits per heavy atom. The number of nitrogens with one attached hydrogen (secondary N) is 1. The molecule has 2 fully saturated rings. The molecule has 3 aromatic rings. The van der Waals surface area contributed by atoms with Crippen LogP contribution in [0.25, 0.3) is 0 Å². The number of aromatic nitrogens is 2. The second-order valence-corrected chi connectivity index (χ2v) is 9.02. The Balaban J connectivity index is 1.28. The van der Waals surface area contributed by atoms with Crippen molar-refractivity contribution in [3.63, 3.8) is 0 Å². The smallest absolute Gasteiger partial charge is 0.254 e. The predicted octanol–water partition coefficient (Wildman–Crippen LogP) is 2.79. The number of para-hydroxylation sites is 1. The van der Waals surface area contributed by atoms with Gasteiger partial charge < -0.3 is 10.2 Å². The summed E-state index contributed by atoms with van der Waals surface area (Å²) in [6.45, 7) is 5.80. The highest BCUT2D eigenvalue weighted by molar-refractivity contribution is 5.93. The Hall–Kier alpha value is -3.12. The fourth-order valence-electron chi connectivity index (χ4n) is 5.14. The number of hydrogen-bond donors (Lipinski definition) is 1. The number of amides is 1. The van der Waals surface area contributed by atoms with E-state index in [-0.39, 0.29) is 11.3 Å². The number of rotatable bonds is 6. The second-order valence-electron chi connectivity index (χ2n) is 9.02. The first kappa shape index (κ1) is 19.8. The van der Waals surface area contributed by atoms with Crippen molar-refractivity contribution in [3.8, 4) is 0 Å². The highest BCUT2D eigenvalue weighted by Crippen LogP contribution is 2.45. The van der Waals surface area contributed by atoms with Crippen molar-refractivity contribution in [1.29, 1.82) is 0 Å². The SMILES string of the molecule is Cn1cc(C(=O)NCC2CN(Cc3ccccc3)CC23CN(c2ccccc2)C3)cn1. The van der Waals surface area contributed by atoms with Gasteiger partial charge >= 0.3 is 0 Å². The van der Waals surface area contributed by atoms with Crippen LogP contribution in [0.5, 0.6) is 0 Å². The average Bonchev–Trinajstić information content (AvgIpc) is 3.36. The van der Waals surface area contributed by atoms with Crippen LogP contribution in [-0.2, 0) is 13.6 Å². The quantitative estimate of drug-likeness (QED) is 0.673.